The molecule has 5 nitrogen and oxygen atoms in total. The van der Waals surface area contributed by atoms with E-state index in [1.54, 1.807) is 18.5 Å². The topological polar surface area (TPSA) is 51.0 Å². The van der Waals surface area contributed by atoms with Crippen molar-refractivity contribution in [2.24, 2.45) is 0 Å². The third kappa shape index (κ3) is 3.21. The van der Waals surface area contributed by atoms with Gasteiger partial charge in [0, 0.05) is 48.9 Å². The maximum Gasteiger partial charge on any atom is 0.246 e. The molecule has 1 amide bonds. The van der Waals surface area contributed by atoms with Gasteiger partial charge in [0.1, 0.15) is 5.69 Å². The Morgan fingerprint density at radius 3 is 2.60 bits per heavy atom. The summed E-state index contributed by atoms with van der Waals surface area (Å²) in [6.07, 6.45) is 10.0. The smallest absolute Gasteiger partial charge is 0.246 e. The Bertz CT molecular complexity index is 896. The average Bonchev–Trinajstić information content (AvgIpc) is 3.04. The Kier molecular flexibility index (Phi) is 4.12. The van der Waals surface area contributed by atoms with Crippen LogP contribution in [0.3, 0.4) is 0 Å². The van der Waals surface area contributed by atoms with Crippen LogP contribution >= 0.6 is 0 Å². The van der Waals surface area contributed by atoms with Crippen molar-refractivity contribution < 1.29 is 4.79 Å². The third-order valence-corrected chi connectivity index (χ3v) is 4.27. The lowest BCUT2D eigenvalue weighted by molar-refractivity contribution is -0.129. The van der Waals surface area contributed by atoms with Crippen molar-refractivity contribution in [3.63, 3.8) is 0 Å². The number of carbonyl (C=O) groups excluding carboxylic acids is 1. The summed E-state index contributed by atoms with van der Waals surface area (Å²) in [5.41, 5.74) is 3.60. The molecule has 1 saturated heterocycles. The van der Waals surface area contributed by atoms with Crippen LogP contribution in [0.4, 0.5) is 0 Å². The summed E-state index contributed by atoms with van der Waals surface area (Å²) in [7, 11) is 0. The number of aromatic nitrogens is 3. The number of rotatable bonds is 4. The standard InChI is InChI=1S/C20H18N4O/c25-19(23-12-5-13-23)10-9-17-15-24(18-7-2-1-3-8-18)22-20(17)16-6-4-11-21-14-16/h1-4,6-11,14-15H,5,12-13H2/b10-9+. The number of carbonyl (C=O) groups is 1. The van der Waals surface area contributed by atoms with Gasteiger partial charge in [-0.1, -0.05) is 18.2 Å². The van der Waals surface area contributed by atoms with Crippen molar-refractivity contribution >= 4 is 12.0 Å². The van der Waals surface area contributed by atoms with Gasteiger partial charge in [0.05, 0.1) is 5.69 Å². The van der Waals surface area contributed by atoms with Crippen LogP contribution in [0.5, 0.6) is 0 Å². The lowest BCUT2D eigenvalue weighted by Gasteiger charge is -2.29. The maximum atomic E-state index is 12.1. The number of hydrogen-bond donors (Lipinski definition) is 0. The van der Waals surface area contributed by atoms with E-state index in [1.165, 1.54) is 0 Å². The van der Waals surface area contributed by atoms with E-state index in [4.69, 9.17) is 5.10 Å². The molecule has 0 bridgehead atoms. The highest BCUT2D eigenvalue weighted by Crippen LogP contribution is 2.24. The van der Waals surface area contributed by atoms with Crippen molar-refractivity contribution in [2.75, 3.05) is 13.1 Å². The third-order valence-electron chi connectivity index (χ3n) is 4.27. The molecule has 0 N–H and O–H groups in total. The number of para-hydroxylation sites is 1. The SMILES string of the molecule is O=C(/C=C/c1cn(-c2ccccc2)nc1-c1cccnc1)N1CCC1. The van der Waals surface area contributed by atoms with E-state index in [9.17, 15) is 4.79 Å². The Hall–Kier alpha value is -3.21. The van der Waals surface area contributed by atoms with Crippen LogP contribution in [0, 0.1) is 0 Å². The highest BCUT2D eigenvalue weighted by atomic mass is 16.2. The molecule has 0 aliphatic carbocycles. The number of pyridine rings is 1. The molecule has 4 rings (SSSR count). The summed E-state index contributed by atoms with van der Waals surface area (Å²) in [5.74, 6) is 0.0517. The van der Waals surface area contributed by atoms with E-state index in [-0.39, 0.29) is 5.91 Å². The van der Waals surface area contributed by atoms with Gasteiger partial charge in [-0.25, -0.2) is 4.68 Å². The van der Waals surface area contributed by atoms with Gasteiger partial charge in [0.25, 0.3) is 0 Å². The highest BCUT2D eigenvalue weighted by molar-refractivity contribution is 5.93. The van der Waals surface area contributed by atoms with Crippen molar-refractivity contribution in [2.45, 2.75) is 6.42 Å². The fraction of sp³-hybridized carbons (Fsp3) is 0.150. The Morgan fingerprint density at radius 2 is 1.92 bits per heavy atom. The maximum absolute atomic E-state index is 12.1. The molecule has 5 heteroatoms. The molecule has 1 aliphatic heterocycles. The number of amides is 1. The molecule has 3 aromatic rings. The van der Waals surface area contributed by atoms with Crippen molar-refractivity contribution in [3.05, 3.63) is 72.7 Å². The molecule has 0 atom stereocenters. The van der Waals surface area contributed by atoms with Gasteiger partial charge < -0.3 is 4.90 Å². The number of nitrogens with zero attached hydrogens (tertiary/aromatic N) is 4. The second-order valence-corrected chi connectivity index (χ2v) is 5.97. The summed E-state index contributed by atoms with van der Waals surface area (Å²) in [6, 6.07) is 13.8. The zero-order valence-electron chi connectivity index (χ0n) is 13.7. The minimum Gasteiger partial charge on any atom is -0.339 e. The van der Waals surface area contributed by atoms with Crippen molar-refractivity contribution in [1.29, 1.82) is 0 Å². The first kappa shape index (κ1) is 15.3. The fourth-order valence-electron chi connectivity index (χ4n) is 2.75. The predicted molar refractivity (Wildman–Crippen MR) is 97.0 cm³/mol. The summed E-state index contributed by atoms with van der Waals surface area (Å²) in [6.45, 7) is 1.70. The molecule has 0 radical (unpaired) electrons. The van der Waals surface area contributed by atoms with Gasteiger partial charge in [-0.2, -0.15) is 5.10 Å². The molecule has 1 aromatic carbocycles. The van der Waals surface area contributed by atoms with E-state index in [0.717, 1.165) is 42.0 Å². The Morgan fingerprint density at radius 1 is 1.08 bits per heavy atom. The first-order valence-electron chi connectivity index (χ1n) is 8.34. The van der Waals surface area contributed by atoms with Crippen LogP contribution in [0.2, 0.25) is 0 Å². The van der Waals surface area contributed by atoms with Gasteiger partial charge in [0.15, 0.2) is 0 Å². The van der Waals surface area contributed by atoms with E-state index in [1.807, 2.05) is 64.3 Å². The monoisotopic (exact) mass is 330 g/mol. The van der Waals surface area contributed by atoms with Crippen LogP contribution in [-0.2, 0) is 4.79 Å². The van der Waals surface area contributed by atoms with E-state index in [0.29, 0.717) is 0 Å². The lowest BCUT2D eigenvalue weighted by atomic mass is 10.1. The Labute approximate surface area is 146 Å². The molecular formula is C20H18N4O. The van der Waals surface area contributed by atoms with Gasteiger partial charge in [0.2, 0.25) is 5.91 Å². The average molecular weight is 330 g/mol. The van der Waals surface area contributed by atoms with Gasteiger partial charge in [-0.05, 0) is 36.8 Å². The molecule has 0 saturated carbocycles. The zero-order valence-corrected chi connectivity index (χ0v) is 13.7. The summed E-state index contributed by atoms with van der Waals surface area (Å²) in [4.78, 5) is 18.1. The fourth-order valence-corrected chi connectivity index (χ4v) is 2.75. The summed E-state index contributed by atoms with van der Waals surface area (Å²) in [5, 5.41) is 4.71. The first-order valence-corrected chi connectivity index (χ1v) is 8.34. The van der Waals surface area contributed by atoms with Gasteiger partial charge in [-0.15, -0.1) is 0 Å². The molecule has 0 spiro atoms. The van der Waals surface area contributed by atoms with Crippen molar-refractivity contribution in [3.8, 4) is 16.9 Å². The zero-order chi connectivity index (χ0) is 17.1. The van der Waals surface area contributed by atoms with Gasteiger partial charge >= 0.3 is 0 Å². The number of hydrogen-bond acceptors (Lipinski definition) is 3. The molecule has 0 unspecified atom stereocenters. The minimum atomic E-state index is 0.0517. The largest absolute Gasteiger partial charge is 0.339 e. The molecular weight excluding hydrogens is 312 g/mol. The molecule has 124 valence electrons. The van der Waals surface area contributed by atoms with Gasteiger partial charge in [-0.3, -0.25) is 9.78 Å². The van der Waals surface area contributed by atoms with Crippen molar-refractivity contribution in [1.82, 2.24) is 19.7 Å². The number of likely N-dealkylation sites (tertiary alicyclic amines) is 1. The van der Waals surface area contributed by atoms with Crippen LogP contribution < -0.4 is 0 Å². The normalized spacial score (nSPS) is 13.8. The molecule has 1 fully saturated rings. The number of benzene rings is 1. The lowest BCUT2D eigenvalue weighted by Crippen LogP contribution is -2.40. The second kappa shape index (κ2) is 6.73. The van der Waals surface area contributed by atoms with Crippen LogP contribution in [0.1, 0.15) is 12.0 Å². The summed E-state index contributed by atoms with van der Waals surface area (Å²) >= 11 is 0. The predicted octanol–water partition coefficient (Wildman–Crippen LogP) is 3.18. The van der Waals surface area contributed by atoms with Crippen LogP contribution in [0.25, 0.3) is 23.0 Å². The Balaban J connectivity index is 1.72. The van der Waals surface area contributed by atoms with E-state index < -0.39 is 0 Å². The second-order valence-electron chi connectivity index (χ2n) is 5.97. The van der Waals surface area contributed by atoms with Crippen LogP contribution in [-0.4, -0.2) is 38.7 Å². The van der Waals surface area contributed by atoms with E-state index >= 15 is 0 Å². The molecule has 3 heterocycles. The molecule has 2 aromatic heterocycles. The van der Waals surface area contributed by atoms with E-state index in [2.05, 4.69) is 4.98 Å². The first-order chi connectivity index (χ1) is 12.3. The molecule has 25 heavy (non-hydrogen) atoms. The quantitative estimate of drug-likeness (QED) is 0.690. The van der Waals surface area contributed by atoms with Crippen LogP contribution in [0.15, 0.2) is 67.1 Å². The summed E-state index contributed by atoms with van der Waals surface area (Å²) < 4.78 is 1.83. The minimum absolute atomic E-state index is 0.0517. The highest BCUT2D eigenvalue weighted by Gasteiger charge is 2.18. The molecule has 1 aliphatic rings.